The lowest BCUT2D eigenvalue weighted by atomic mass is 9.75. The second-order valence-electron chi connectivity index (χ2n) is 7.74. The van der Waals surface area contributed by atoms with Crippen LogP contribution < -0.4 is 5.32 Å². The van der Waals surface area contributed by atoms with E-state index in [1.165, 1.54) is 30.4 Å². The molecule has 0 fully saturated rings. The monoisotopic (exact) mass is 404 g/mol. The van der Waals surface area contributed by atoms with Gasteiger partial charge in [0.15, 0.2) is 5.78 Å². The van der Waals surface area contributed by atoms with E-state index in [0.29, 0.717) is 5.57 Å². The summed E-state index contributed by atoms with van der Waals surface area (Å²) in [5, 5.41) is 19.0. The summed E-state index contributed by atoms with van der Waals surface area (Å²) in [7, 11) is 0. The van der Waals surface area contributed by atoms with Crippen molar-refractivity contribution in [1.29, 1.82) is 0 Å². The molecule has 0 saturated heterocycles. The van der Waals surface area contributed by atoms with E-state index in [1.807, 2.05) is 18.2 Å². The normalized spacial score (nSPS) is 24.0. The van der Waals surface area contributed by atoms with Crippen molar-refractivity contribution < 1.29 is 14.3 Å². The average Bonchev–Trinajstić information content (AvgIpc) is 3.28. The average molecular weight is 404 g/mol. The van der Waals surface area contributed by atoms with Gasteiger partial charge in [-0.2, -0.15) is 5.10 Å². The van der Waals surface area contributed by atoms with Gasteiger partial charge in [-0.1, -0.05) is 36.4 Å². The molecule has 6 nitrogen and oxygen atoms in total. The van der Waals surface area contributed by atoms with Crippen LogP contribution in [0.5, 0.6) is 0 Å². The summed E-state index contributed by atoms with van der Waals surface area (Å²) in [4.78, 5) is 17.3. The predicted octanol–water partition coefficient (Wildman–Crippen LogP) is 3.41. The molecule has 30 heavy (non-hydrogen) atoms. The van der Waals surface area contributed by atoms with Gasteiger partial charge in [0.05, 0.1) is 11.6 Å². The number of Topliss-reactive ketones (excluding diaryl/α,β-unsaturated/α-hetero) is 1. The van der Waals surface area contributed by atoms with E-state index in [4.69, 9.17) is 0 Å². The highest BCUT2D eigenvalue weighted by molar-refractivity contribution is 5.99. The molecular formula is C23H21FN4O2. The van der Waals surface area contributed by atoms with Crippen molar-refractivity contribution in [2.45, 2.75) is 30.8 Å². The highest BCUT2D eigenvalue weighted by atomic mass is 19.1. The number of aromatic nitrogens is 3. The van der Waals surface area contributed by atoms with Crippen LogP contribution in [0.15, 0.2) is 72.5 Å². The van der Waals surface area contributed by atoms with Crippen LogP contribution in [0.4, 0.5) is 4.39 Å². The molecule has 3 aromatic rings. The van der Waals surface area contributed by atoms with Gasteiger partial charge in [-0.05, 0) is 35.2 Å². The van der Waals surface area contributed by atoms with Crippen molar-refractivity contribution in [2.75, 3.05) is 6.54 Å². The van der Waals surface area contributed by atoms with E-state index < -0.39 is 6.04 Å². The predicted molar refractivity (Wildman–Crippen MR) is 108 cm³/mol. The third-order valence-corrected chi connectivity index (χ3v) is 6.06. The lowest BCUT2D eigenvalue weighted by Gasteiger charge is -2.36. The number of ketones is 1. The molecule has 2 aliphatic rings. The first-order valence-corrected chi connectivity index (χ1v) is 10.0. The van der Waals surface area contributed by atoms with Crippen molar-refractivity contribution in [1.82, 2.24) is 20.1 Å². The fraction of sp³-hybridized carbons (Fsp3) is 0.261. The topological polar surface area (TPSA) is 80.0 Å². The Morgan fingerprint density at radius 3 is 2.70 bits per heavy atom. The molecule has 2 N–H and O–H groups in total. The van der Waals surface area contributed by atoms with Crippen LogP contribution in [-0.4, -0.2) is 32.2 Å². The Morgan fingerprint density at radius 1 is 1.13 bits per heavy atom. The summed E-state index contributed by atoms with van der Waals surface area (Å²) in [5.74, 6) is -0.850. The number of carbonyl (C=O) groups excluding carboxylic acids is 1. The van der Waals surface area contributed by atoms with Gasteiger partial charge in [0.25, 0.3) is 0 Å². The van der Waals surface area contributed by atoms with Crippen molar-refractivity contribution in [3.05, 3.63) is 95.0 Å². The van der Waals surface area contributed by atoms with Gasteiger partial charge >= 0.3 is 0 Å². The number of hydrogen-bond acceptors (Lipinski definition) is 5. The fourth-order valence-corrected chi connectivity index (χ4v) is 4.67. The first-order valence-electron chi connectivity index (χ1n) is 10.0. The van der Waals surface area contributed by atoms with E-state index in [9.17, 15) is 14.3 Å². The van der Waals surface area contributed by atoms with Crippen molar-refractivity contribution in [2.24, 2.45) is 0 Å². The molecule has 5 rings (SSSR count). The zero-order valence-electron chi connectivity index (χ0n) is 16.2. The number of rotatable bonds is 3. The Bertz CT molecular complexity index is 1110. The van der Waals surface area contributed by atoms with Crippen LogP contribution in [0.1, 0.15) is 41.1 Å². The maximum atomic E-state index is 13.5. The number of carbonyl (C=O) groups is 1. The highest BCUT2D eigenvalue weighted by Crippen LogP contribution is 2.45. The maximum absolute atomic E-state index is 13.5. The molecule has 0 unspecified atom stereocenters. The fourth-order valence-electron chi connectivity index (χ4n) is 4.67. The number of nitrogens with one attached hydrogen (secondary N) is 1. The molecule has 1 aliphatic carbocycles. The molecule has 2 heterocycles. The highest BCUT2D eigenvalue weighted by Gasteiger charge is 2.42. The number of halogens is 1. The van der Waals surface area contributed by atoms with E-state index in [0.717, 1.165) is 24.1 Å². The summed E-state index contributed by atoms with van der Waals surface area (Å²) in [6, 6.07) is 13.1. The zero-order valence-corrected chi connectivity index (χ0v) is 16.2. The molecule has 0 amide bonds. The largest absolute Gasteiger partial charge is 0.510 e. The van der Waals surface area contributed by atoms with Gasteiger partial charge in [0.1, 0.15) is 30.3 Å². The molecule has 0 bridgehead atoms. The third-order valence-electron chi connectivity index (χ3n) is 6.06. The molecule has 0 radical (unpaired) electrons. The lowest BCUT2D eigenvalue weighted by Crippen LogP contribution is -2.38. The summed E-state index contributed by atoms with van der Waals surface area (Å²) in [6.07, 6.45) is 4.00. The Hall–Kier alpha value is -3.32. The number of aliphatic hydroxyl groups is 1. The Balaban J connectivity index is 1.64. The van der Waals surface area contributed by atoms with Gasteiger partial charge in [0.2, 0.25) is 0 Å². The van der Waals surface area contributed by atoms with Crippen molar-refractivity contribution in [3.8, 4) is 0 Å². The molecule has 152 valence electrons. The number of aliphatic hydroxyl groups excluding tert-OH is 1. The maximum Gasteiger partial charge on any atom is 0.164 e. The lowest BCUT2D eigenvalue weighted by molar-refractivity contribution is -0.117. The van der Waals surface area contributed by atoms with Gasteiger partial charge < -0.3 is 10.4 Å². The van der Waals surface area contributed by atoms with Crippen LogP contribution >= 0.6 is 0 Å². The minimum atomic E-state index is -0.596. The van der Waals surface area contributed by atoms with E-state index >= 15 is 0 Å². The van der Waals surface area contributed by atoms with Gasteiger partial charge in [0, 0.05) is 18.9 Å². The minimum Gasteiger partial charge on any atom is -0.510 e. The molecular weight excluding hydrogens is 383 g/mol. The molecule has 0 spiro atoms. The standard InChI is InChI=1S/C23H21FN4O2/c24-16-7-5-15(6-8-16)18-11-19(29)20(23(30)22(18)28-13-25-12-27-28)21-17-4-2-1-3-14(17)9-10-26-21/h1-8,12-13,18,21-22,26,30H,9-11H2/t18-,21+,22+/m1/s1. The SMILES string of the molecule is O=C1C[C@H](c2ccc(F)cc2)[C@H](n2cncn2)C(O)=C1[C@H]1NCCc2ccccc21. The van der Waals surface area contributed by atoms with E-state index in [1.54, 1.807) is 16.8 Å². The van der Waals surface area contributed by atoms with Crippen LogP contribution in [-0.2, 0) is 11.2 Å². The summed E-state index contributed by atoms with van der Waals surface area (Å²) in [6.45, 7) is 0.723. The summed E-state index contributed by atoms with van der Waals surface area (Å²) in [5.41, 5.74) is 3.33. The third kappa shape index (κ3) is 3.11. The van der Waals surface area contributed by atoms with Crippen molar-refractivity contribution in [3.63, 3.8) is 0 Å². The van der Waals surface area contributed by atoms with Crippen molar-refractivity contribution >= 4 is 5.78 Å². The first-order chi connectivity index (χ1) is 14.6. The molecule has 1 aliphatic heterocycles. The molecule has 3 atom stereocenters. The minimum absolute atomic E-state index is 0.0136. The number of fused-ring (bicyclic) bond motifs is 1. The van der Waals surface area contributed by atoms with Gasteiger partial charge in [-0.3, -0.25) is 4.79 Å². The quantitative estimate of drug-likeness (QED) is 0.699. The number of nitrogens with zero attached hydrogens (tertiary/aromatic N) is 3. The Labute approximate surface area is 173 Å². The van der Waals surface area contributed by atoms with E-state index in [-0.39, 0.29) is 35.7 Å². The van der Waals surface area contributed by atoms with Gasteiger partial charge in [-0.15, -0.1) is 0 Å². The molecule has 0 saturated carbocycles. The second-order valence-corrected chi connectivity index (χ2v) is 7.74. The number of allylic oxidation sites excluding steroid dienone is 1. The molecule has 1 aromatic heterocycles. The second kappa shape index (κ2) is 7.50. The summed E-state index contributed by atoms with van der Waals surface area (Å²) >= 11 is 0. The Morgan fingerprint density at radius 2 is 1.93 bits per heavy atom. The van der Waals surface area contributed by atoms with Crippen LogP contribution in [0, 0.1) is 5.82 Å². The smallest absolute Gasteiger partial charge is 0.164 e. The zero-order chi connectivity index (χ0) is 20.7. The van der Waals surface area contributed by atoms with Gasteiger partial charge in [-0.25, -0.2) is 14.1 Å². The molecule has 7 heteroatoms. The van der Waals surface area contributed by atoms with E-state index in [2.05, 4.69) is 21.5 Å². The van der Waals surface area contributed by atoms with Crippen LogP contribution in [0.3, 0.4) is 0 Å². The Kier molecular flexibility index (Phi) is 4.67. The molecule has 2 aromatic carbocycles. The van der Waals surface area contributed by atoms with Crippen LogP contribution in [0.25, 0.3) is 0 Å². The van der Waals surface area contributed by atoms with Crippen LogP contribution in [0.2, 0.25) is 0 Å². The number of benzene rings is 2. The first kappa shape index (κ1) is 18.7. The summed E-state index contributed by atoms with van der Waals surface area (Å²) < 4.78 is 15.0. The number of hydrogen-bond donors (Lipinski definition) is 2.